The predicted octanol–water partition coefficient (Wildman–Crippen LogP) is 0.697. The Morgan fingerprint density at radius 1 is 1.19 bits per heavy atom. The maximum Gasteiger partial charge on any atom is 0.243 e. The summed E-state index contributed by atoms with van der Waals surface area (Å²) in [7, 11) is 0.786. The van der Waals surface area contributed by atoms with Crippen LogP contribution in [0.15, 0.2) is 23.1 Å². The number of benzene rings is 1. The van der Waals surface area contributed by atoms with E-state index in [-0.39, 0.29) is 11.4 Å². The van der Waals surface area contributed by atoms with Gasteiger partial charge in [-0.3, -0.25) is 0 Å². The fourth-order valence-electron chi connectivity index (χ4n) is 1.98. The molecule has 0 bridgehead atoms. The Morgan fingerprint density at radius 3 is 2.38 bits per heavy atom. The van der Waals surface area contributed by atoms with Crippen LogP contribution in [0.2, 0.25) is 0 Å². The maximum absolute atomic E-state index is 12.5. The lowest BCUT2D eigenvalue weighted by Gasteiger charge is -2.20. The smallest absolute Gasteiger partial charge is 0.243 e. The first-order valence-corrected chi connectivity index (χ1v) is 7.84. The fraction of sp³-hybridized carbons (Fsp3) is 0.538. The van der Waals surface area contributed by atoms with Gasteiger partial charge in [-0.2, -0.15) is 4.31 Å². The molecule has 0 unspecified atom stereocenters. The molecule has 0 saturated carbocycles. The minimum atomic E-state index is -3.65. The molecule has 1 fully saturated rings. The monoisotopic (exact) mass is 317 g/mol. The topological polar surface area (TPSA) is 74.3 Å². The van der Waals surface area contributed by atoms with Gasteiger partial charge in [0.05, 0.1) is 38.9 Å². The summed E-state index contributed by atoms with van der Waals surface area (Å²) in [6, 6.07) is 4.46. The Kier molecular flexibility index (Phi) is 5.04. The zero-order valence-electron chi connectivity index (χ0n) is 12.2. The molecule has 118 valence electrons. The Balaban J connectivity index is 2.21. The van der Waals surface area contributed by atoms with E-state index in [4.69, 9.17) is 18.9 Å². The number of rotatable bonds is 6. The van der Waals surface area contributed by atoms with Crippen molar-refractivity contribution in [2.75, 3.05) is 41.0 Å². The van der Waals surface area contributed by atoms with Crippen LogP contribution in [0.1, 0.15) is 0 Å². The highest BCUT2D eigenvalue weighted by Crippen LogP contribution is 2.30. The lowest BCUT2D eigenvalue weighted by Crippen LogP contribution is -2.34. The highest BCUT2D eigenvalue weighted by Gasteiger charge is 2.27. The van der Waals surface area contributed by atoms with Crippen LogP contribution >= 0.6 is 0 Å². The normalized spacial score (nSPS) is 16.4. The molecule has 1 aliphatic heterocycles. The van der Waals surface area contributed by atoms with Crippen molar-refractivity contribution >= 4 is 10.0 Å². The number of hydrogen-bond acceptors (Lipinski definition) is 6. The second-order valence-electron chi connectivity index (χ2n) is 4.47. The van der Waals surface area contributed by atoms with Crippen molar-refractivity contribution < 1.29 is 27.4 Å². The SMILES string of the molecule is COc1ccc(S(=O)(=O)N(C)CC2OCCO2)cc1OC. The van der Waals surface area contributed by atoms with Crippen LogP contribution in [0.4, 0.5) is 0 Å². The third kappa shape index (κ3) is 3.46. The van der Waals surface area contributed by atoms with Crippen molar-refractivity contribution in [3.8, 4) is 11.5 Å². The zero-order chi connectivity index (χ0) is 15.5. The standard InChI is InChI=1S/C13H19NO6S/c1-14(9-13-19-6-7-20-13)21(15,16)10-4-5-11(17-2)12(8-10)18-3/h4-5,8,13H,6-7,9H2,1-3H3. The van der Waals surface area contributed by atoms with Gasteiger partial charge >= 0.3 is 0 Å². The summed E-state index contributed by atoms with van der Waals surface area (Å²) in [6.45, 7) is 1.10. The number of hydrogen-bond donors (Lipinski definition) is 0. The van der Waals surface area contributed by atoms with Gasteiger partial charge in [0.1, 0.15) is 0 Å². The average molecular weight is 317 g/mol. The first-order chi connectivity index (χ1) is 9.98. The third-order valence-corrected chi connectivity index (χ3v) is 4.98. The van der Waals surface area contributed by atoms with E-state index >= 15 is 0 Å². The second-order valence-corrected chi connectivity index (χ2v) is 6.52. The number of sulfonamides is 1. The summed E-state index contributed by atoms with van der Waals surface area (Å²) in [5.74, 6) is 0.835. The van der Waals surface area contributed by atoms with Crippen LogP contribution in [0.25, 0.3) is 0 Å². The number of nitrogens with zero attached hydrogens (tertiary/aromatic N) is 1. The minimum Gasteiger partial charge on any atom is -0.493 e. The highest BCUT2D eigenvalue weighted by atomic mass is 32.2. The molecule has 0 spiro atoms. The molecule has 0 amide bonds. The molecular weight excluding hydrogens is 298 g/mol. The molecule has 1 aromatic carbocycles. The van der Waals surface area contributed by atoms with Crippen molar-refractivity contribution in [3.63, 3.8) is 0 Å². The van der Waals surface area contributed by atoms with E-state index in [2.05, 4.69) is 0 Å². The molecule has 7 nitrogen and oxygen atoms in total. The Morgan fingerprint density at radius 2 is 1.81 bits per heavy atom. The van der Waals surface area contributed by atoms with E-state index < -0.39 is 16.3 Å². The van der Waals surface area contributed by atoms with Crippen LogP contribution in [0.3, 0.4) is 0 Å². The summed E-state index contributed by atoms with van der Waals surface area (Å²) in [6.07, 6.45) is -0.523. The predicted molar refractivity (Wildman–Crippen MR) is 75.1 cm³/mol. The lowest BCUT2D eigenvalue weighted by molar-refractivity contribution is -0.0482. The summed E-state index contributed by atoms with van der Waals surface area (Å²) < 4.78 is 47.0. The molecule has 1 aliphatic rings. The first kappa shape index (κ1) is 16.0. The van der Waals surface area contributed by atoms with E-state index in [1.807, 2.05) is 0 Å². The Hall–Kier alpha value is -1.35. The maximum atomic E-state index is 12.5. The van der Waals surface area contributed by atoms with Crippen molar-refractivity contribution in [3.05, 3.63) is 18.2 Å². The molecule has 0 atom stereocenters. The third-order valence-electron chi connectivity index (χ3n) is 3.16. The van der Waals surface area contributed by atoms with Crippen LogP contribution < -0.4 is 9.47 Å². The summed E-state index contributed by atoms with van der Waals surface area (Å²) >= 11 is 0. The summed E-state index contributed by atoms with van der Waals surface area (Å²) in [5.41, 5.74) is 0. The molecule has 1 aromatic rings. The van der Waals surface area contributed by atoms with Gasteiger partial charge in [-0.25, -0.2) is 8.42 Å². The van der Waals surface area contributed by atoms with E-state index in [9.17, 15) is 8.42 Å². The van der Waals surface area contributed by atoms with E-state index in [0.717, 1.165) is 0 Å². The van der Waals surface area contributed by atoms with Crippen molar-refractivity contribution in [2.24, 2.45) is 0 Å². The quantitative estimate of drug-likeness (QED) is 0.769. The molecular formula is C13H19NO6S. The lowest BCUT2D eigenvalue weighted by atomic mass is 10.3. The first-order valence-electron chi connectivity index (χ1n) is 6.40. The van der Waals surface area contributed by atoms with Crippen LogP contribution in [0, 0.1) is 0 Å². The minimum absolute atomic E-state index is 0.126. The molecule has 2 rings (SSSR count). The van der Waals surface area contributed by atoms with E-state index in [0.29, 0.717) is 24.7 Å². The van der Waals surface area contributed by atoms with Crippen LogP contribution in [-0.2, 0) is 19.5 Å². The molecule has 1 heterocycles. The molecule has 0 aliphatic carbocycles. The molecule has 0 radical (unpaired) electrons. The highest BCUT2D eigenvalue weighted by molar-refractivity contribution is 7.89. The summed E-state index contributed by atoms with van der Waals surface area (Å²) in [4.78, 5) is 0.126. The number of likely N-dealkylation sites (N-methyl/N-ethyl adjacent to an activating group) is 1. The van der Waals surface area contributed by atoms with Gasteiger partial charge in [-0.05, 0) is 12.1 Å². The second kappa shape index (κ2) is 6.61. The van der Waals surface area contributed by atoms with Gasteiger partial charge in [0, 0.05) is 13.1 Å². The van der Waals surface area contributed by atoms with Crippen LogP contribution in [-0.4, -0.2) is 60.0 Å². The fourth-order valence-corrected chi connectivity index (χ4v) is 3.15. The number of ether oxygens (including phenoxy) is 4. The van der Waals surface area contributed by atoms with Gasteiger partial charge in [-0.15, -0.1) is 0 Å². The molecule has 0 aromatic heterocycles. The Labute approximate surface area is 124 Å². The van der Waals surface area contributed by atoms with E-state index in [1.54, 1.807) is 6.07 Å². The van der Waals surface area contributed by atoms with Gasteiger partial charge in [-0.1, -0.05) is 0 Å². The van der Waals surface area contributed by atoms with Gasteiger partial charge in [0.15, 0.2) is 17.8 Å². The largest absolute Gasteiger partial charge is 0.493 e. The average Bonchev–Trinajstić information content (AvgIpc) is 2.99. The molecule has 8 heteroatoms. The van der Waals surface area contributed by atoms with Crippen molar-refractivity contribution in [1.82, 2.24) is 4.31 Å². The van der Waals surface area contributed by atoms with Gasteiger partial charge < -0.3 is 18.9 Å². The summed E-state index contributed by atoms with van der Waals surface area (Å²) in [5, 5.41) is 0. The molecule has 21 heavy (non-hydrogen) atoms. The van der Waals surface area contributed by atoms with Gasteiger partial charge in [0.2, 0.25) is 10.0 Å². The van der Waals surface area contributed by atoms with E-state index in [1.165, 1.54) is 37.7 Å². The van der Waals surface area contributed by atoms with Crippen LogP contribution in [0.5, 0.6) is 11.5 Å². The van der Waals surface area contributed by atoms with Crippen molar-refractivity contribution in [2.45, 2.75) is 11.2 Å². The Bertz CT molecular complexity index is 582. The zero-order valence-corrected chi connectivity index (χ0v) is 13.1. The molecule has 1 saturated heterocycles. The van der Waals surface area contributed by atoms with Gasteiger partial charge in [0.25, 0.3) is 0 Å². The number of methoxy groups -OCH3 is 2. The van der Waals surface area contributed by atoms with Crippen molar-refractivity contribution in [1.29, 1.82) is 0 Å². The molecule has 0 N–H and O–H groups in total.